The molecule has 2 atom stereocenters. The molecule has 3 heterocycles. The number of methoxy groups -OCH3 is 1. The number of aromatic nitrogens is 2. The predicted molar refractivity (Wildman–Crippen MR) is 145 cm³/mol. The van der Waals surface area contributed by atoms with Crippen molar-refractivity contribution in [2.75, 3.05) is 23.9 Å². The number of para-hydroxylation sites is 1. The van der Waals surface area contributed by atoms with Gasteiger partial charge in [-0.2, -0.15) is 0 Å². The second kappa shape index (κ2) is 10.3. The predicted octanol–water partition coefficient (Wildman–Crippen LogP) is 4.94. The molecule has 0 unspecified atom stereocenters. The van der Waals surface area contributed by atoms with E-state index in [1.54, 1.807) is 6.20 Å². The molecule has 1 fully saturated rings. The fourth-order valence-corrected chi connectivity index (χ4v) is 4.92. The highest BCUT2D eigenvalue weighted by atomic mass is 32.1. The lowest BCUT2D eigenvalue weighted by atomic mass is 9.98. The zero-order valence-electron chi connectivity index (χ0n) is 20.1. The molecule has 2 aromatic heterocycles. The maximum absolute atomic E-state index is 12.0. The number of nitrogens with one attached hydrogen (secondary N) is 2. The van der Waals surface area contributed by atoms with Gasteiger partial charge in [-0.1, -0.05) is 24.3 Å². The molecule has 2 aromatic carbocycles. The van der Waals surface area contributed by atoms with E-state index < -0.39 is 0 Å². The maximum Gasteiger partial charge on any atom is 0.250 e. The van der Waals surface area contributed by atoms with Crippen LogP contribution >= 0.6 is 12.2 Å². The number of benzene rings is 2. The molecular formula is C28H27N5O2S. The Labute approximate surface area is 215 Å². The van der Waals surface area contributed by atoms with Gasteiger partial charge in [0.2, 0.25) is 5.91 Å². The summed E-state index contributed by atoms with van der Waals surface area (Å²) in [6.45, 7) is 1.98. The summed E-state index contributed by atoms with van der Waals surface area (Å²) < 4.78 is 7.05. The molecule has 1 amide bonds. The summed E-state index contributed by atoms with van der Waals surface area (Å²) in [5.74, 6) is -0.193. The molecule has 8 heteroatoms. The zero-order valence-corrected chi connectivity index (χ0v) is 20.9. The number of ether oxygens (including phenoxy) is 1. The number of nitrogens with zero attached hydrogens (tertiary/aromatic N) is 3. The number of hydrogen-bond acceptors (Lipinski definition) is 4. The molecule has 7 nitrogen and oxygen atoms in total. The molecule has 36 heavy (non-hydrogen) atoms. The van der Waals surface area contributed by atoms with Gasteiger partial charge in [-0.05, 0) is 78.8 Å². The van der Waals surface area contributed by atoms with E-state index in [-0.39, 0.29) is 24.6 Å². The number of rotatable bonds is 7. The number of hydrogen-bond donors (Lipinski definition) is 2. The molecule has 4 aromatic rings. The molecule has 182 valence electrons. The van der Waals surface area contributed by atoms with Crippen LogP contribution in [0.5, 0.6) is 0 Å². The fourth-order valence-electron chi connectivity index (χ4n) is 4.58. The maximum atomic E-state index is 12.0. The van der Waals surface area contributed by atoms with Crippen LogP contribution in [0.2, 0.25) is 0 Å². The highest BCUT2D eigenvalue weighted by Gasteiger charge is 2.41. The van der Waals surface area contributed by atoms with Gasteiger partial charge in [-0.15, -0.1) is 0 Å². The third kappa shape index (κ3) is 4.73. The first-order valence-electron chi connectivity index (χ1n) is 11.7. The van der Waals surface area contributed by atoms with E-state index in [0.29, 0.717) is 5.11 Å². The van der Waals surface area contributed by atoms with Gasteiger partial charge in [0.1, 0.15) is 6.61 Å². The fraction of sp³-hybridized carbons (Fsp3) is 0.179. The zero-order chi connectivity index (χ0) is 25.1. The van der Waals surface area contributed by atoms with Crippen LogP contribution < -0.4 is 15.5 Å². The van der Waals surface area contributed by atoms with Crippen LogP contribution in [0.4, 0.5) is 11.4 Å². The third-order valence-corrected chi connectivity index (χ3v) is 6.56. The van der Waals surface area contributed by atoms with Crippen molar-refractivity contribution in [1.29, 1.82) is 0 Å². The van der Waals surface area contributed by atoms with Crippen LogP contribution in [0, 0.1) is 6.92 Å². The highest BCUT2D eigenvalue weighted by Crippen LogP contribution is 2.42. The SMILES string of the molecule is COCC(=O)Nc1ccc(N2C(=S)N[C@H](c3ccccn3)[C@H]2c2ccn(-c3ccccc3)c2)cc1C. The molecule has 0 radical (unpaired) electrons. The van der Waals surface area contributed by atoms with Crippen LogP contribution in [0.25, 0.3) is 5.69 Å². The van der Waals surface area contributed by atoms with E-state index in [1.807, 2.05) is 61.5 Å². The minimum Gasteiger partial charge on any atom is -0.375 e. The van der Waals surface area contributed by atoms with Gasteiger partial charge in [0.15, 0.2) is 5.11 Å². The molecule has 2 N–H and O–H groups in total. The van der Waals surface area contributed by atoms with Gasteiger partial charge in [0.05, 0.1) is 17.8 Å². The Morgan fingerprint density at radius 3 is 2.61 bits per heavy atom. The first-order valence-corrected chi connectivity index (χ1v) is 12.1. The van der Waals surface area contributed by atoms with Crippen LogP contribution in [-0.2, 0) is 9.53 Å². The minimum absolute atomic E-state index is 0.00750. The highest BCUT2D eigenvalue weighted by molar-refractivity contribution is 7.80. The quantitative estimate of drug-likeness (QED) is 0.353. The summed E-state index contributed by atoms with van der Waals surface area (Å²) >= 11 is 5.85. The van der Waals surface area contributed by atoms with Crippen molar-refractivity contribution >= 4 is 34.6 Å². The molecule has 0 aliphatic carbocycles. The van der Waals surface area contributed by atoms with E-state index in [9.17, 15) is 4.79 Å². The number of thiocarbonyl (C=S) groups is 1. The number of anilines is 2. The summed E-state index contributed by atoms with van der Waals surface area (Å²) in [5, 5.41) is 7.02. The monoisotopic (exact) mass is 497 g/mol. The normalized spacial score (nSPS) is 17.2. The molecular weight excluding hydrogens is 470 g/mol. The molecule has 1 saturated heterocycles. The molecule has 1 aliphatic rings. The Morgan fingerprint density at radius 2 is 1.89 bits per heavy atom. The first-order chi connectivity index (χ1) is 17.5. The topological polar surface area (TPSA) is 71.4 Å². The Kier molecular flexibility index (Phi) is 6.79. The van der Waals surface area contributed by atoms with E-state index >= 15 is 0 Å². The summed E-state index contributed by atoms with van der Waals surface area (Å²) in [6.07, 6.45) is 6.01. The van der Waals surface area contributed by atoms with Crippen molar-refractivity contribution in [2.24, 2.45) is 0 Å². The van der Waals surface area contributed by atoms with Gasteiger partial charge in [0, 0.05) is 42.8 Å². The van der Waals surface area contributed by atoms with Crippen molar-refractivity contribution in [1.82, 2.24) is 14.9 Å². The molecule has 0 bridgehead atoms. The van der Waals surface area contributed by atoms with Crippen molar-refractivity contribution in [3.8, 4) is 5.69 Å². The first kappa shape index (κ1) is 23.7. The Morgan fingerprint density at radius 1 is 1.08 bits per heavy atom. The largest absolute Gasteiger partial charge is 0.375 e. The van der Waals surface area contributed by atoms with Crippen LogP contribution in [0.3, 0.4) is 0 Å². The molecule has 5 rings (SSSR count). The second-order valence-electron chi connectivity index (χ2n) is 8.66. The summed E-state index contributed by atoms with van der Waals surface area (Å²) in [6, 6.07) is 23.9. The summed E-state index contributed by atoms with van der Waals surface area (Å²) in [7, 11) is 1.50. The van der Waals surface area contributed by atoms with E-state index in [2.05, 4.69) is 55.7 Å². The Hall–Kier alpha value is -4.01. The van der Waals surface area contributed by atoms with E-state index in [1.165, 1.54) is 7.11 Å². The lowest BCUT2D eigenvalue weighted by Gasteiger charge is -2.28. The number of carbonyl (C=O) groups is 1. The Bertz CT molecular complexity index is 1370. The number of carbonyl (C=O) groups excluding carboxylic acids is 1. The van der Waals surface area contributed by atoms with E-state index in [4.69, 9.17) is 17.0 Å². The lowest BCUT2D eigenvalue weighted by molar-refractivity contribution is -0.119. The smallest absolute Gasteiger partial charge is 0.250 e. The van der Waals surface area contributed by atoms with Crippen molar-refractivity contribution in [2.45, 2.75) is 19.0 Å². The van der Waals surface area contributed by atoms with Crippen molar-refractivity contribution in [3.63, 3.8) is 0 Å². The lowest BCUT2D eigenvalue weighted by Crippen LogP contribution is -2.29. The van der Waals surface area contributed by atoms with E-state index in [0.717, 1.165) is 33.9 Å². The number of pyridine rings is 1. The molecule has 0 spiro atoms. The van der Waals surface area contributed by atoms with Crippen LogP contribution in [0.15, 0.2) is 91.4 Å². The van der Waals surface area contributed by atoms with Gasteiger partial charge >= 0.3 is 0 Å². The van der Waals surface area contributed by atoms with Gasteiger partial charge < -0.3 is 24.8 Å². The minimum atomic E-state index is -0.193. The van der Waals surface area contributed by atoms with Gasteiger partial charge in [-0.3, -0.25) is 9.78 Å². The van der Waals surface area contributed by atoms with Gasteiger partial charge in [0.25, 0.3) is 0 Å². The van der Waals surface area contributed by atoms with Crippen LogP contribution in [-0.4, -0.2) is 34.3 Å². The second-order valence-corrected chi connectivity index (χ2v) is 9.05. The standard InChI is InChI=1S/C28H27N5O2S/c1-19-16-22(11-12-23(19)30-25(34)18-35-2)33-27(26(31-28(33)36)24-10-6-7-14-29-24)20-13-15-32(17-20)21-8-4-3-5-9-21/h3-17,26-27H,18H2,1-2H3,(H,30,34)(H,31,36)/t26-,27-/m1/s1. The van der Waals surface area contributed by atoms with Crippen molar-refractivity contribution in [3.05, 3.63) is 108 Å². The Balaban J connectivity index is 1.53. The molecule has 1 aliphatic heterocycles. The van der Waals surface area contributed by atoms with Crippen molar-refractivity contribution < 1.29 is 9.53 Å². The van der Waals surface area contributed by atoms with Gasteiger partial charge in [-0.25, -0.2) is 0 Å². The number of aryl methyl sites for hydroxylation is 1. The summed E-state index contributed by atoms with van der Waals surface area (Å²) in [4.78, 5) is 18.8. The average molecular weight is 498 g/mol. The number of amides is 1. The third-order valence-electron chi connectivity index (χ3n) is 6.25. The average Bonchev–Trinajstić information content (AvgIpc) is 3.51. The molecule has 0 saturated carbocycles. The summed E-state index contributed by atoms with van der Waals surface area (Å²) in [5.41, 5.74) is 5.72. The van der Waals surface area contributed by atoms with Crippen LogP contribution in [0.1, 0.15) is 28.9 Å².